The molecule has 1 amide bonds. The molecule has 0 bridgehead atoms. The third kappa shape index (κ3) is 2.58. The smallest absolute Gasteiger partial charge is 0.310 e. The zero-order valence-electron chi connectivity index (χ0n) is 9.23. The van der Waals surface area contributed by atoms with Crippen LogP contribution in [0.25, 0.3) is 0 Å². The van der Waals surface area contributed by atoms with Crippen molar-refractivity contribution in [3.8, 4) is 0 Å². The second-order valence-electron chi connectivity index (χ2n) is 3.90. The summed E-state index contributed by atoms with van der Waals surface area (Å²) in [5.74, 6) is -0.199. The number of carbonyl (C=O) groups is 2. The van der Waals surface area contributed by atoms with E-state index in [9.17, 15) is 9.59 Å². The monoisotopic (exact) mass is 211 g/mol. The van der Waals surface area contributed by atoms with Gasteiger partial charge in [-0.1, -0.05) is 13.0 Å². The fourth-order valence-corrected chi connectivity index (χ4v) is 1.88. The molecule has 0 radical (unpaired) electrons. The van der Waals surface area contributed by atoms with Crippen LogP contribution in [0.3, 0.4) is 0 Å². The van der Waals surface area contributed by atoms with Gasteiger partial charge in [0, 0.05) is 19.5 Å². The number of esters is 1. The van der Waals surface area contributed by atoms with Gasteiger partial charge in [0.25, 0.3) is 0 Å². The number of hydrogen-bond acceptors (Lipinski definition) is 3. The number of rotatable bonds is 3. The molecule has 4 heteroatoms. The molecular formula is C11H17NO3. The molecule has 4 nitrogen and oxygen atoms in total. The van der Waals surface area contributed by atoms with E-state index < -0.39 is 0 Å². The highest BCUT2D eigenvalue weighted by atomic mass is 16.5. The summed E-state index contributed by atoms with van der Waals surface area (Å²) in [4.78, 5) is 24.6. The van der Waals surface area contributed by atoms with Crippen LogP contribution in [0.2, 0.25) is 0 Å². The number of nitrogens with zero attached hydrogens (tertiary/aromatic N) is 1. The topological polar surface area (TPSA) is 46.6 Å². The molecule has 2 unspecified atom stereocenters. The van der Waals surface area contributed by atoms with Gasteiger partial charge in [0.05, 0.1) is 13.0 Å². The summed E-state index contributed by atoms with van der Waals surface area (Å²) < 4.78 is 4.70. The SMILES string of the molecule is C=CCC(=O)N1CC(C)C(C(=O)OC)C1. The molecular weight excluding hydrogens is 194 g/mol. The highest BCUT2D eigenvalue weighted by Gasteiger charge is 2.37. The van der Waals surface area contributed by atoms with E-state index in [1.807, 2.05) is 6.92 Å². The Morgan fingerprint density at radius 3 is 2.73 bits per heavy atom. The maximum Gasteiger partial charge on any atom is 0.310 e. The Labute approximate surface area is 89.9 Å². The van der Waals surface area contributed by atoms with Crippen LogP contribution in [0.5, 0.6) is 0 Å². The number of likely N-dealkylation sites (tertiary alicyclic amines) is 1. The first-order chi connectivity index (χ1) is 7.10. The van der Waals surface area contributed by atoms with Crippen LogP contribution < -0.4 is 0 Å². The van der Waals surface area contributed by atoms with Crippen LogP contribution in [0, 0.1) is 11.8 Å². The summed E-state index contributed by atoms with van der Waals surface area (Å²) in [6.07, 6.45) is 1.92. The first-order valence-corrected chi connectivity index (χ1v) is 5.06. The molecule has 1 saturated heterocycles. The van der Waals surface area contributed by atoms with Gasteiger partial charge in [-0.3, -0.25) is 9.59 Å². The quantitative estimate of drug-likeness (QED) is 0.513. The molecule has 1 fully saturated rings. The van der Waals surface area contributed by atoms with E-state index >= 15 is 0 Å². The van der Waals surface area contributed by atoms with Gasteiger partial charge in [-0.2, -0.15) is 0 Å². The average molecular weight is 211 g/mol. The zero-order valence-corrected chi connectivity index (χ0v) is 9.23. The van der Waals surface area contributed by atoms with Crippen LogP contribution in [0.15, 0.2) is 12.7 Å². The van der Waals surface area contributed by atoms with E-state index in [-0.39, 0.29) is 23.7 Å². The number of amides is 1. The Morgan fingerprint density at radius 1 is 1.53 bits per heavy atom. The highest BCUT2D eigenvalue weighted by Crippen LogP contribution is 2.24. The first kappa shape index (κ1) is 11.8. The summed E-state index contributed by atoms with van der Waals surface area (Å²) in [7, 11) is 1.38. The molecule has 84 valence electrons. The van der Waals surface area contributed by atoms with Gasteiger partial charge in [0.2, 0.25) is 5.91 Å². The largest absolute Gasteiger partial charge is 0.469 e. The van der Waals surface area contributed by atoms with Crippen molar-refractivity contribution >= 4 is 11.9 Å². The van der Waals surface area contributed by atoms with Crippen molar-refractivity contribution in [1.82, 2.24) is 4.90 Å². The van der Waals surface area contributed by atoms with Crippen LogP contribution in [-0.4, -0.2) is 37.0 Å². The van der Waals surface area contributed by atoms with Gasteiger partial charge in [0.1, 0.15) is 0 Å². The van der Waals surface area contributed by atoms with Crippen molar-refractivity contribution in [2.24, 2.45) is 11.8 Å². The number of hydrogen-bond donors (Lipinski definition) is 0. The predicted octanol–water partition coefficient (Wildman–Crippen LogP) is 0.830. The third-order valence-electron chi connectivity index (χ3n) is 2.79. The average Bonchev–Trinajstić information content (AvgIpc) is 2.60. The van der Waals surface area contributed by atoms with Crippen molar-refractivity contribution in [3.63, 3.8) is 0 Å². The Hall–Kier alpha value is -1.32. The van der Waals surface area contributed by atoms with Crippen molar-refractivity contribution < 1.29 is 14.3 Å². The Balaban J connectivity index is 2.58. The molecule has 0 aromatic rings. The summed E-state index contributed by atoms with van der Waals surface area (Å²) in [6.45, 7) is 6.59. The third-order valence-corrected chi connectivity index (χ3v) is 2.79. The summed E-state index contributed by atoms with van der Waals surface area (Å²) in [5, 5.41) is 0. The van der Waals surface area contributed by atoms with Crippen LogP contribution in [0.1, 0.15) is 13.3 Å². The maximum atomic E-state index is 11.5. The molecule has 0 spiro atoms. The lowest BCUT2D eigenvalue weighted by Gasteiger charge is -2.14. The minimum atomic E-state index is -0.226. The fourth-order valence-electron chi connectivity index (χ4n) is 1.88. The molecule has 1 rings (SSSR count). The van der Waals surface area contributed by atoms with Crippen LogP contribution in [0.4, 0.5) is 0 Å². The molecule has 1 aliphatic rings. The lowest BCUT2D eigenvalue weighted by atomic mass is 9.99. The Morgan fingerprint density at radius 2 is 2.20 bits per heavy atom. The second kappa shape index (κ2) is 4.96. The van der Waals surface area contributed by atoms with Gasteiger partial charge < -0.3 is 9.64 Å². The second-order valence-corrected chi connectivity index (χ2v) is 3.90. The minimum absolute atomic E-state index is 0.0308. The number of carbonyl (C=O) groups excluding carboxylic acids is 2. The summed E-state index contributed by atoms with van der Waals surface area (Å²) in [5.41, 5.74) is 0. The lowest BCUT2D eigenvalue weighted by Crippen LogP contribution is -2.29. The van der Waals surface area contributed by atoms with Crippen LogP contribution >= 0.6 is 0 Å². The fraction of sp³-hybridized carbons (Fsp3) is 0.636. The first-order valence-electron chi connectivity index (χ1n) is 5.06. The molecule has 0 aromatic carbocycles. The molecule has 15 heavy (non-hydrogen) atoms. The highest BCUT2D eigenvalue weighted by molar-refractivity contribution is 5.80. The minimum Gasteiger partial charge on any atom is -0.469 e. The summed E-state index contributed by atoms with van der Waals surface area (Å²) >= 11 is 0. The standard InChI is InChI=1S/C11H17NO3/c1-4-5-10(13)12-6-8(2)9(7-12)11(14)15-3/h4,8-9H,1,5-7H2,2-3H3. The van der Waals surface area contributed by atoms with E-state index in [4.69, 9.17) is 4.74 Å². The normalized spacial score (nSPS) is 25.1. The van der Waals surface area contributed by atoms with Crippen LogP contribution in [-0.2, 0) is 14.3 Å². The zero-order chi connectivity index (χ0) is 11.4. The van der Waals surface area contributed by atoms with Crippen molar-refractivity contribution in [1.29, 1.82) is 0 Å². The summed E-state index contributed by atoms with van der Waals surface area (Å²) in [6, 6.07) is 0. The predicted molar refractivity (Wildman–Crippen MR) is 56.1 cm³/mol. The molecule has 1 heterocycles. The van der Waals surface area contributed by atoms with Crippen molar-refractivity contribution in [2.45, 2.75) is 13.3 Å². The molecule has 1 aliphatic heterocycles. The van der Waals surface area contributed by atoms with Gasteiger partial charge >= 0.3 is 5.97 Å². The maximum absolute atomic E-state index is 11.5. The van der Waals surface area contributed by atoms with Gasteiger partial charge in [-0.25, -0.2) is 0 Å². The number of methoxy groups -OCH3 is 1. The number of ether oxygens (including phenoxy) is 1. The molecule has 0 N–H and O–H groups in total. The van der Waals surface area contributed by atoms with Gasteiger partial charge in [-0.05, 0) is 5.92 Å². The molecule has 0 aliphatic carbocycles. The Bertz CT molecular complexity index is 275. The van der Waals surface area contributed by atoms with E-state index in [1.54, 1.807) is 11.0 Å². The lowest BCUT2D eigenvalue weighted by molar-refractivity contribution is -0.146. The van der Waals surface area contributed by atoms with E-state index in [0.29, 0.717) is 19.5 Å². The van der Waals surface area contributed by atoms with E-state index in [0.717, 1.165) is 0 Å². The van der Waals surface area contributed by atoms with E-state index in [1.165, 1.54) is 7.11 Å². The van der Waals surface area contributed by atoms with Crippen molar-refractivity contribution in [3.05, 3.63) is 12.7 Å². The Kier molecular flexibility index (Phi) is 3.88. The molecule has 2 atom stereocenters. The van der Waals surface area contributed by atoms with Gasteiger partial charge in [-0.15, -0.1) is 6.58 Å². The van der Waals surface area contributed by atoms with Crippen molar-refractivity contribution in [2.75, 3.05) is 20.2 Å². The van der Waals surface area contributed by atoms with Gasteiger partial charge in [0.15, 0.2) is 0 Å². The van der Waals surface area contributed by atoms with E-state index in [2.05, 4.69) is 6.58 Å². The molecule has 0 aromatic heterocycles. The molecule has 0 saturated carbocycles.